The Kier molecular flexibility index (Phi) is 5.31. The standard InChI is InChI=1S/C21H24N6O4/c1-12-9-30-26-14(12)7-4-8-15-17(28)18(29)21(31-15)27-11-24-16-19(22-10-23-20(16)27)25-13-5-2-3-6-13/h9-11,13,15,17-18,21,28-29H,2-3,5-6,8H2,1H3,(H,22,23,25)/t15-,17-,18-,21-/m1/s1. The molecule has 1 aliphatic heterocycles. The van der Waals surface area contributed by atoms with E-state index in [2.05, 4.69) is 37.3 Å². The molecule has 0 spiro atoms. The fourth-order valence-corrected chi connectivity index (χ4v) is 4.18. The van der Waals surface area contributed by atoms with E-state index < -0.39 is 24.5 Å². The Labute approximate surface area is 178 Å². The number of fused-ring (bicyclic) bond motifs is 1. The summed E-state index contributed by atoms with van der Waals surface area (Å²) in [6, 6.07) is 0.384. The number of rotatable bonds is 4. The maximum absolute atomic E-state index is 10.6. The number of ether oxygens (including phenoxy) is 1. The number of aliphatic hydroxyl groups is 2. The summed E-state index contributed by atoms with van der Waals surface area (Å²) in [7, 11) is 0. The Morgan fingerprint density at radius 1 is 1.19 bits per heavy atom. The lowest BCUT2D eigenvalue weighted by molar-refractivity contribution is -0.0332. The van der Waals surface area contributed by atoms with Crippen molar-refractivity contribution in [2.24, 2.45) is 0 Å². The summed E-state index contributed by atoms with van der Waals surface area (Å²) in [5, 5.41) is 28.4. The molecule has 0 radical (unpaired) electrons. The first-order chi connectivity index (χ1) is 15.1. The van der Waals surface area contributed by atoms with E-state index in [-0.39, 0.29) is 6.42 Å². The van der Waals surface area contributed by atoms with Crippen molar-refractivity contribution in [2.75, 3.05) is 5.32 Å². The Balaban J connectivity index is 1.35. The molecule has 0 unspecified atom stereocenters. The van der Waals surface area contributed by atoms with Crippen molar-refractivity contribution >= 4 is 17.0 Å². The van der Waals surface area contributed by atoms with Crippen molar-refractivity contribution < 1.29 is 19.5 Å². The average Bonchev–Trinajstić information content (AvgIpc) is 3.55. The molecule has 0 bridgehead atoms. The largest absolute Gasteiger partial charge is 0.387 e. The first kappa shape index (κ1) is 19.9. The number of aromatic nitrogens is 5. The third-order valence-electron chi connectivity index (χ3n) is 5.92. The minimum absolute atomic E-state index is 0.233. The van der Waals surface area contributed by atoms with E-state index in [0.717, 1.165) is 18.4 Å². The Morgan fingerprint density at radius 2 is 2.03 bits per heavy atom. The van der Waals surface area contributed by atoms with Gasteiger partial charge in [0.1, 0.15) is 24.8 Å². The monoisotopic (exact) mass is 424 g/mol. The summed E-state index contributed by atoms with van der Waals surface area (Å²) in [5.74, 6) is 6.52. The van der Waals surface area contributed by atoms with Gasteiger partial charge in [0.2, 0.25) is 0 Å². The zero-order valence-corrected chi connectivity index (χ0v) is 17.1. The summed E-state index contributed by atoms with van der Waals surface area (Å²) < 4.78 is 12.5. The lowest BCUT2D eigenvalue weighted by Gasteiger charge is -2.17. The van der Waals surface area contributed by atoms with Gasteiger partial charge in [-0.2, -0.15) is 0 Å². The first-order valence-electron chi connectivity index (χ1n) is 10.5. The van der Waals surface area contributed by atoms with Gasteiger partial charge in [0.25, 0.3) is 0 Å². The molecule has 31 heavy (non-hydrogen) atoms. The van der Waals surface area contributed by atoms with E-state index in [1.807, 2.05) is 6.92 Å². The molecule has 3 aromatic rings. The van der Waals surface area contributed by atoms with Crippen LogP contribution < -0.4 is 5.32 Å². The minimum atomic E-state index is -1.14. The average molecular weight is 424 g/mol. The quantitative estimate of drug-likeness (QED) is 0.534. The van der Waals surface area contributed by atoms with Crippen LogP contribution in [0.25, 0.3) is 11.2 Å². The highest BCUT2D eigenvalue weighted by Crippen LogP contribution is 2.33. The van der Waals surface area contributed by atoms with Gasteiger partial charge in [-0.3, -0.25) is 4.57 Å². The summed E-state index contributed by atoms with van der Waals surface area (Å²) >= 11 is 0. The van der Waals surface area contributed by atoms with Crippen LogP contribution in [0.5, 0.6) is 0 Å². The molecular weight excluding hydrogens is 400 g/mol. The molecule has 3 N–H and O–H groups in total. The maximum atomic E-state index is 10.6. The second-order valence-corrected chi connectivity index (χ2v) is 8.07. The van der Waals surface area contributed by atoms with Gasteiger partial charge in [0, 0.05) is 18.0 Å². The van der Waals surface area contributed by atoms with Crippen LogP contribution in [0.2, 0.25) is 0 Å². The second-order valence-electron chi connectivity index (χ2n) is 8.07. The van der Waals surface area contributed by atoms with Crippen LogP contribution in [0.1, 0.15) is 49.6 Å². The Bertz CT molecular complexity index is 1130. The van der Waals surface area contributed by atoms with Crippen LogP contribution in [-0.4, -0.2) is 59.2 Å². The number of hydrogen-bond acceptors (Lipinski definition) is 9. The number of nitrogens with one attached hydrogen (secondary N) is 1. The molecule has 3 aromatic heterocycles. The molecule has 2 aliphatic rings. The molecule has 1 saturated heterocycles. The van der Waals surface area contributed by atoms with Crippen LogP contribution in [0, 0.1) is 18.8 Å². The molecule has 10 nitrogen and oxygen atoms in total. The second kappa shape index (κ2) is 8.26. The van der Waals surface area contributed by atoms with Crippen molar-refractivity contribution in [3.63, 3.8) is 0 Å². The smallest absolute Gasteiger partial charge is 0.167 e. The van der Waals surface area contributed by atoms with E-state index in [0.29, 0.717) is 28.7 Å². The van der Waals surface area contributed by atoms with Crippen LogP contribution in [0.15, 0.2) is 23.4 Å². The van der Waals surface area contributed by atoms with Crippen molar-refractivity contribution in [1.29, 1.82) is 0 Å². The number of nitrogens with zero attached hydrogens (tertiary/aromatic N) is 5. The molecule has 5 rings (SSSR count). The van der Waals surface area contributed by atoms with Crippen molar-refractivity contribution in [3.05, 3.63) is 30.2 Å². The molecule has 0 aromatic carbocycles. The van der Waals surface area contributed by atoms with Gasteiger partial charge in [-0.25, -0.2) is 15.0 Å². The third-order valence-corrected chi connectivity index (χ3v) is 5.92. The molecular formula is C21H24N6O4. The highest BCUT2D eigenvalue weighted by Gasteiger charge is 2.44. The van der Waals surface area contributed by atoms with E-state index in [4.69, 9.17) is 9.26 Å². The fraction of sp³-hybridized carbons (Fsp3) is 0.524. The van der Waals surface area contributed by atoms with Crippen molar-refractivity contribution in [2.45, 2.75) is 69.6 Å². The number of anilines is 1. The fourth-order valence-electron chi connectivity index (χ4n) is 4.18. The number of imidazole rings is 1. The summed E-state index contributed by atoms with van der Waals surface area (Å²) in [4.78, 5) is 13.1. The van der Waals surface area contributed by atoms with E-state index in [9.17, 15) is 10.2 Å². The van der Waals surface area contributed by atoms with Crippen LogP contribution in [0.4, 0.5) is 5.82 Å². The van der Waals surface area contributed by atoms with Crippen LogP contribution >= 0.6 is 0 Å². The van der Waals surface area contributed by atoms with Crippen LogP contribution in [0.3, 0.4) is 0 Å². The highest BCUT2D eigenvalue weighted by atomic mass is 16.6. The zero-order chi connectivity index (χ0) is 21.4. The van der Waals surface area contributed by atoms with Crippen LogP contribution in [-0.2, 0) is 4.74 Å². The minimum Gasteiger partial charge on any atom is -0.387 e. The topological polar surface area (TPSA) is 131 Å². The van der Waals surface area contributed by atoms with Crippen molar-refractivity contribution in [3.8, 4) is 11.8 Å². The Hall–Kier alpha value is -3.00. The van der Waals surface area contributed by atoms with Gasteiger partial charge in [-0.05, 0) is 25.7 Å². The third kappa shape index (κ3) is 3.76. The number of aryl methyl sites for hydroxylation is 1. The molecule has 1 aliphatic carbocycles. The van der Waals surface area contributed by atoms with E-state index in [1.165, 1.54) is 25.4 Å². The summed E-state index contributed by atoms with van der Waals surface area (Å²) in [6.45, 7) is 1.85. The summed E-state index contributed by atoms with van der Waals surface area (Å²) in [6.07, 6.45) is 5.72. The number of aliphatic hydroxyl groups excluding tert-OH is 2. The zero-order valence-electron chi connectivity index (χ0n) is 17.1. The van der Waals surface area contributed by atoms with Gasteiger partial charge >= 0.3 is 0 Å². The van der Waals surface area contributed by atoms with Crippen molar-refractivity contribution in [1.82, 2.24) is 24.7 Å². The van der Waals surface area contributed by atoms with E-state index >= 15 is 0 Å². The first-order valence-corrected chi connectivity index (χ1v) is 10.5. The normalized spacial score (nSPS) is 26.3. The van der Waals surface area contributed by atoms with Gasteiger partial charge in [0.15, 0.2) is 28.9 Å². The van der Waals surface area contributed by atoms with Gasteiger partial charge in [-0.15, -0.1) is 0 Å². The molecule has 1 saturated carbocycles. The Morgan fingerprint density at radius 3 is 2.81 bits per heavy atom. The van der Waals surface area contributed by atoms with E-state index in [1.54, 1.807) is 10.9 Å². The lowest BCUT2D eigenvalue weighted by Crippen LogP contribution is -2.31. The predicted octanol–water partition coefficient (Wildman–Crippen LogP) is 1.54. The highest BCUT2D eigenvalue weighted by molar-refractivity contribution is 5.82. The number of hydrogen-bond donors (Lipinski definition) is 3. The SMILES string of the molecule is Cc1conc1C#CC[C@H]1O[C@@H](n2cnc3c(NC4CCCC4)ncnc32)[C@H](O)[C@@H]1O. The molecule has 2 fully saturated rings. The maximum Gasteiger partial charge on any atom is 0.167 e. The van der Waals surface area contributed by atoms with Gasteiger partial charge in [-0.1, -0.05) is 23.9 Å². The molecule has 0 amide bonds. The molecule has 10 heteroatoms. The molecule has 4 atom stereocenters. The van der Waals surface area contributed by atoms with Gasteiger partial charge in [0.05, 0.1) is 12.4 Å². The summed E-state index contributed by atoms with van der Waals surface area (Å²) in [5.41, 5.74) is 2.54. The van der Waals surface area contributed by atoms with Gasteiger partial charge < -0.3 is 24.8 Å². The molecule has 4 heterocycles. The predicted molar refractivity (Wildman–Crippen MR) is 110 cm³/mol. The molecule has 162 valence electrons. The lowest BCUT2D eigenvalue weighted by atomic mass is 10.1.